The largest absolute Gasteiger partial charge is 4.00 e. The summed E-state index contributed by atoms with van der Waals surface area (Å²) >= 11 is 0. The first kappa shape index (κ1) is 28.6. The zero-order valence-corrected chi connectivity index (χ0v) is 24.1. The van der Waals surface area contributed by atoms with Crippen molar-refractivity contribution in [2.45, 2.75) is 46.5 Å². The number of para-hydroxylation sites is 1. The van der Waals surface area contributed by atoms with Gasteiger partial charge in [0.2, 0.25) is 0 Å². The molecule has 1 aliphatic rings. The molecule has 0 amide bonds. The third kappa shape index (κ3) is 6.10. The Labute approximate surface area is 223 Å². The van der Waals surface area contributed by atoms with Gasteiger partial charge in [0.05, 0.1) is 5.52 Å². The van der Waals surface area contributed by atoms with Gasteiger partial charge in [-0.3, -0.25) is 6.08 Å². The van der Waals surface area contributed by atoms with Crippen LogP contribution >= 0.6 is 0 Å². The van der Waals surface area contributed by atoms with Gasteiger partial charge in [0.25, 0.3) is 0 Å². The fraction of sp³-hybridized carbons (Fsp3) is 0.250. The van der Waals surface area contributed by atoms with Crippen molar-refractivity contribution in [2.75, 3.05) is 0 Å². The average molecular weight is 629 g/mol. The Morgan fingerprint density at radius 2 is 1.72 bits per heavy atom. The molecule has 5 rings (SSSR count). The zero-order valence-electron chi connectivity index (χ0n) is 19.0. The van der Waals surface area contributed by atoms with Crippen LogP contribution in [0.2, 0.25) is 0 Å². The van der Waals surface area contributed by atoms with Crippen molar-refractivity contribution >= 4 is 21.7 Å². The van der Waals surface area contributed by atoms with Crippen molar-refractivity contribution < 1.29 is 50.7 Å². The van der Waals surface area contributed by atoms with Crippen LogP contribution in [0.4, 0.5) is 0 Å². The number of aryl methyl sites for hydroxylation is 1. The third-order valence-corrected chi connectivity index (χ3v) is 5.85. The van der Waals surface area contributed by atoms with Crippen LogP contribution in [-0.4, -0.2) is 4.57 Å². The molecule has 0 N–H and O–H groups in total. The maximum absolute atomic E-state index is 3.30. The second kappa shape index (κ2) is 13.3. The van der Waals surface area contributed by atoms with Crippen LogP contribution in [0.3, 0.4) is 0 Å². The standard InChI is InChI=1S/C19H16N.C9H13.2ClH.Hf/c1-13-14(2)20(19-10-6-5-9-18(13)19)17-11-15-7-3-4-8-16(15)12-17;1-2-3-6-9-7-4-5-8-9;;;/h3-12H,1-2H3;4,7H,2-3,5-6H2,1H3;2*1H;/q2*-1;;;+4/p-2. The summed E-state index contributed by atoms with van der Waals surface area (Å²) in [4.78, 5) is 0. The van der Waals surface area contributed by atoms with Crippen molar-refractivity contribution in [1.82, 2.24) is 4.57 Å². The summed E-state index contributed by atoms with van der Waals surface area (Å²) in [6.07, 6.45) is 12.5. The van der Waals surface area contributed by atoms with Crippen LogP contribution in [0.1, 0.15) is 43.9 Å². The molecule has 0 radical (unpaired) electrons. The number of rotatable bonds is 4. The van der Waals surface area contributed by atoms with Gasteiger partial charge < -0.3 is 29.4 Å². The molecule has 1 heterocycles. The molecule has 3 aromatic carbocycles. The van der Waals surface area contributed by atoms with E-state index in [2.05, 4.69) is 104 Å². The quantitative estimate of drug-likeness (QED) is 0.241. The van der Waals surface area contributed by atoms with E-state index in [0.717, 1.165) is 6.42 Å². The number of fused-ring (bicyclic) bond motifs is 2. The van der Waals surface area contributed by atoms with Crippen LogP contribution in [0.15, 0.2) is 78.4 Å². The molecule has 0 fully saturated rings. The topological polar surface area (TPSA) is 4.93 Å². The zero-order chi connectivity index (χ0) is 20.2. The summed E-state index contributed by atoms with van der Waals surface area (Å²) in [6.45, 7) is 6.63. The number of halogens is 2. The first-order valence-electron chi connectivity index (χ1n) is 10.7. The van der Waals surface area contributed by atoms with Gasteiger partial charge in [-0.2, -0.15) is 6.08 Å². The van der Waals surface area contributed by atoms with Crippen molar-refractivity contribution in [3.8, 4) is 5.69 Å². The number of aromatic nitrogens is 1. The third-order valence-electron chi connectivity index (χ3n) is 5.85. The molecule has 164 valence electrons. The number of hydrogen-bond acceptors (Lipinski definition) is 0. The van der Waals surface area contributed by atoms with Crippen LogP contribution in [0.5, 0.6) is 0 Å². The number of benzene rings is 2. The van der Waals surface area contributed by atoms with E-state index in [0.29, 0.717) is 0 Å². The molecule has 1 nitrogen and oxygen atoms in total. The van der Waals surface area contributed by atoms with Gasteiger partial charge in [-0.05, 0) is 31.2 Å². The minimum absolute atomic E-state index is 0. The first-order chi connectivity index (χ1) is 14.2. The van der Waals surface area contributed by atoms with Gasteiger partial charge in [-0.1, -0.05) is 50.5 Å². The van der Waals surface area contributed by atoms with Crippen molar-refractivity contribution in [3.63, 3.8) is 0 Å². The van der Waals surface area contributed by atoms with Crippen molar-refractivity contribution in [2.24, 2.45) is 0 Å². The molecule has 0 spiro atoms. The second-order valence-corrected chi connectivity index (χ2v) is 7.82. The Balaban J connectivity index is 0.000000369. The van der Waals surface area contributed by atoms with E-state index in [4.69, 9.17) is 0 Å². The maximum atomic E-state index is 3.30. The predicted molar refractivity (Wildman–Crippen MR) is 126 cm³/mol. The fourth-order valence-electron chi connectivity index (χ4n) is 4.11. The van der Waals surface area contributed by atoms with Crippen LogP contribution in [0, 0.1) is 19.9 Å². The molecule has 0 aliphatic heterocycles. The molecule has 0 atom stereocenters. The van der Waals surface area contributed by atoms with Gasteiger partial charge in [0.15, 0.2) is 0 Å². The minimum atomic E-state index is 0. The first-order valence-corrected chi connectivity index (χ1v) is 10.7. The SMILES string of the molecule is CCCCC1=[C-]CC=C1.Cc1c(C)n(-c2cc3ccccc3[cH-]2)c2ccccc12.[Cl-].[Cl-].[Hf+4]. The summed E-state index contributed by atoms with van der Waals surface area (Å²) in [7, 11) is 0. The van der Waals surface area contributed by atoms with E-state index in [9.17, 15) is 0 Å². The van der Waals surface area contributed by atoms with E-state index in [-0.39, 0.29) is 50.7 Å². The van der Waals surface area contributed by atoms with E-state index < -0.39 is 0 Å². The molecule has 0 bridgehead atoms. The summed E-state index contributed by atoms with van der Waals surface area (Å²) in [5.74, 6) is 0. The fourth-order valence-corrected chi connectivity index (χ4v) is 4.11. The average Bonchev–Trinajstić information content (AvgIpc) is 3.46. The summed E-state index contributed by atoms with van der Waals surface area (Å²) in [5.41, 5.74) is 6.65. The monoisotopic (exact) mass is 629 g/mol. The van der Waals surface area contributed by atoms with Gasteiger partial charge in [-0.15, -0.1) is 47.5 Å². The Morgan fingerprint density at radius 1 is 1.00 bits per heavy atom. The summed E-state index contributed by atoms with van der Waals surface area (Å²) in [6, 6.07) is 21.7. The molecular weight excluding hydrogens is 600 g/mol. The normalized spacial score (nSPS) is 11.8. The van der Waals surface area contributed by atoms with E-state index >= 15 is 0 Å². The van der Waals surface area contributed by atoms with Gasteiger partial charge >= 0.3 is 25.8 Å². The van der Waals surface area contributed by atoms with Gasteiger partial charge in [0.1, 0.15) is 0 Å². The second-order valence-electron chi connectivity index (χ2n) is 7.82. The minimum Gasteiger partial charge on any atom is -1.00 e. The smallest absolute Gasteiger partial charge is 1.00 e. The Hall–Kier alpha value is -1.48. The van der Waals surface area contributed by atoms with E-state index in [1.165, 1.54) is 63.5 Å². The van der Waals surface area contributed by atoms with Crippen LogP contribution in [0.25, 0.3) is 27.4 Å². The number of nitrogens with zero attached hydrogens (tertiary/aromatic N) is 1. The summed E-state index contributed by atoms with van der Waals surface area (Å²) in [5, 5.41) is 3.95. The maximum Gasteiger partial charge on any atom is 4.00 e. The molecule has 1 aliphatic carbocycles. The number of unbranched alkanes of at least 4 members (excludes halogenated alkanes) is 1. The molecule has 32 heavy (non-hydrogen) atoms. The molecule has 4 aromatic rings. The molecule has 1 aromatic heterocycles. The Morgan fingerprint density at radius 3 is 2.41 bits per heavy atom. The van der Waals surface area contributed by atoms with Gasteiger partial charge in [-0.25, -0.2) is 11.6 Å². The predicted octanol–water partition coefficient (Wildman–Crippen LogP) is 1.99. The van der Waals surface area contributed by atoms with Crippen molar-refractivity contribution in [3.05, 3.63) is 95.7 Å². The summed E-state index contributed by atoms with van der Waals surface area (Å²) < 4.78 is 2.37. The van der Waals surface area contributed by atoms with Crippen LogP contribution in [-0.2, 0) is 25.8 Å². The molecule has 0 unspecified atom stereocenters. The molecule has 4 heteroatoms. The van der Waals surface area contributed by atoms with Crippen LogP contribution < -0.4 is 24.8 Å². The van der Waals surface area contributed by atoms with Gasteiger partial charge in [0, 0.05) is 11.1 Å². The Kier molecular flexibility index (Phi) is 11.9. The van der Waals surface area contributed by atoms with Crippen molar-refractivity contribution in [1.29, 1.82) is 0 Å². The van der Waals surface area contributed by atoms with E-state index in [1.54, 1.807) is 0 Å². The number of hydrogen-bond donors (Lipinski definition) is 0. The molecule has 0 saturated heterocycles. The molecular formula is C28H29Cl2HfN. The van der Waals surface area contributed by atoms with E-state index in [1.807, 2.05) is 0 Å². The molecule has 0 saturated carbocycles. The number of allylic oxidation sites excluding steroid dienone is 4. The Bertz CT molecular complexity index is 1160.